The van der Waals surface area contributed by atoms with E-state index in [9.17, 15) is 19.1 Å². The number of fused-ring (bicyclic) bond motifs is 1. The number of hydrogen-bond donors (Lipinski definition) is 2. The number of aliphatic carboxylic acids is 1. The first-order valence-corrected chi connectivity index (χ1v) is 7.34. The van der Waals surface area contributed by atoms with Crippen LogP contribution in [0.4, 0.5) is 4.39 Å². The van der Waals surface area contributed by atoms with Crippen LogP contribution in [0.1, 0.15) is 24.8 Å². The summed E-state index contributed by atoms with van der Waals surface area (Å²) in [6.07, 6.45) is 3.96. The van der Waals surface area contributed by atoms with Crippen LogP contribution in [0.3, 0.4) is 0 Å². The molecule has 2 heterocycles. The number of carboxylic acids is 1. The minimum absolute atomic E-state index is 0.120. The summed E-state index contributed by atoms with van der Waals surface area (Å²) in [6, 6.07) is 3.63. The summed E-state index contributed by atoms with van der Waals surface area (Å²) < 4.78 is 13.2. The van der Waals surface area contributed by atoms with E-state index in [2.05, 4.69) is 4.98 Å². The third-order valence-corrected chi connectivity index (χ3v) is 4.18. The number of carbonyl (C=O) groups is 2. The van der Waals surface area contributed by atoms with Crippen molar-refractivity contribution in [1.29, 1.82) is 0 Å². The number of nitrogens with one attached hydrogen (secondary N) is 1. The number of benzene rings is 1. The number of carboxylic acid groups (broad SMARTS) is 1. The molecule has 0 saturated carbocycles. The van der Waals surface area contributed by atoms with Crippen molar-refractivity contribution < 1.29 is 19.1 Å². The number of hydrogen-bond acceptors (Lipinski definition) is 2. The second-order valence-electron chi connectivity index (χ2n) is 5.62. The van der Waals surface area contributed by atoms with E-state index in [1.807, 2.05) is 0 Å². The molecule has 0 bridgehead atoms. The van der Waals surface area contributed by atoms with E-state index >= 15 is 0 Å². The molecule has 22 heavy (non-hydrogen) atoms. The van der Waals surface area contributed by atoms with Crippen molar-refractivity contribution in [2.45, 2.75) is 31.7 Å². The maximum absolute atomic E-state index is 13.2. The lowest BCUT2D eigenvalue weighted by molar-refractivity contribution is -0.151. The summed E-state index contributed by atoms with van der Waals surface area (Å²) in [5.74, 6) is -1.49. The van der Waals surface area contributed by atoms with Gasteiger partial charge in [-0.15, -0.1) is 0 Å². The summed E-state index contributed by atoms with van der Waals surface area (Å²) in [6.45, 7) is 0.479. The van der Waals surface area contributed by atoms with Gasteiger partial charge in [0.25, 0.3) is 0 Å². The molecule has 1 aliphatic heterocycles. The Kier molecular flexibility index (Phi) is 3.83. The van der Waals surface area contributed by atoms with Crippen LogP contribution in [0.2, 0.25) is 0 Å². The molecule has 1 aromatic heterocycles. The Hall–Kier alpha value is -2.37. The zero-order valence-electron chi connectivity index (χ0n) is 12.0. The summed E-state index contributed by atoms with van der Waals surface area (Å²) in [7, 11) is 0. The lowest BCUT2D eigenvalue weighted by Gasteiger charge is -2.33. The van der Waals surface area contributed by atoms with Crippen molar-refractivity contribution in [2.75, 3.05) is 6.54 Å². The Bertz CT molecular complexity index is 725. The third kappa shape index (κ3) is 2.68. The van der Waals surface area contributed by atoms with Crippen molar-refractivity contribution in [3.63, 3.8) is 0 Å². The Labute approximate surface area is 126 Å². The lowest BCUT2D eigenvalue weighted by atomic mass is 10.0. The number of halogens is 1. The van der Waals surface area contributed by atoms with Crippen LogP contribution in [0.5, 0.6) is 0 Å². The second-order valence-corrected chi connectivity index (χ2v) is 5.62. The van der Waals surface area contributed by atoms with Crippen molar-refractivity contribution in [3.8, 4) is 0 Å². The van der Waals surface area contributed by atoms with Gasteiger partial charge in [-0.25, -0.2) is 9.18 Å². The Morgan fingerprint density at radius 3 is 2.95 bits per heavy atom. The Balaban J connectivity index is 1.81. The van der Waals surface area contributed by atoms with Crippen LogP contribution in [0.25, 0.3) is 10.9 Å². The van der Waals surface area contributed by atoms with E-state index in [0.29, 0.717) is 18.5 Å². The molecule has 1 atom stereocenters. The number of piperidine rings is 1. The van der Waals surface area contributed by atoms with Gasteiger partial charge in [-0.3, -0.25) is 4.79 Å². The molecule has 2 aromatic rings. The van der Waals surface area contributed by atoms with Crippen molar-refractivity contribution in [3.05, 3.63) is 35.8 Å². The topological polar surface area (TPSA) is 73.4 Å². The number of carbonyl (C=O) groups excluding carboxylic acids is 1. The first-order chi connectivity index (χ1) is 10.6. The van der Waals surface area contributed by atoms with Crippen LogP contribution in [-0.2, 0) is 16.0 Å². The molecule has 116 valence electrons. The van der Waals surface area contributed by atoms with Gasteiger partial charge in [-0.05, 0) is 43.0 Å². The average Bonchev–Trinajstić information content (AvgIpc) is 2.89. The van der Waals surface area contributed by atoms with E-state index in [0.717, 1.165) is 23.8 Å². The van der Waals surface area contributed by atoms with E-state index in [-0.39, 0.29) is 18.1 Å². The smallest absolute Gasteiger partial charge is 0.326 e. The molecule has 3 rings (SSSR count). The van der Waals surface area contributed by atoms with Gasteiger partial charge in [0.15, 0.2) is 0 Å². The monoisotopic (exact) mass is 304 g/mol. The third-order valence-electron chi connectivity index (χ3n) is 4.18. The number of amides is 1. The lowest BCUT2D eigenvalue weighted by Crippen LogP contribution is -2.48. The van der Waals surface area contributed by atoms with Gasteiger partial charge < -0.3 is 15.0 Å². The molecule has 2 N–H and O–H groups in total. The Morgan fingerprint density at radius 1 is 1.36 bits per heavy atom. The summed E-state index contributed by atoms with van der Waals surface area (Å²) in [4.78, 5) is 28.1. The fraction of sp³-hybridized carbons (Fsp3) is 0.375. The summed E-state index contributed by atoms with van der Waals surface area (Å²) >= 11 is 0. The predicted molar refractivity (Wildman–Crippen MR) is 78.9 cm³/mol. The fourth-order valence-electron chi connectivity index (χ4n) is 3.06. The number of aromatic nitrogens is 1. The molecule has 1 aromatic carbocycles. The van der Waals surface area contributed by atoms with Crippen molar-refractivity contribution >= 4 is 22.8 Å². The largest absolute Gasteiger partial charge is 0.480 e. The molecule has 0 spiro atoms. The van der Waals surface area contributed by atoms with Crippen LogP contribution in [0, 0.1) is 5.82 Å². The van der Waals surface area contributed by atoms with Gasteiger partial charge in [-0.2, -0.15) is 0 Å². The fourth-order valence-corrected chi connectivity index (χ4v) is 3.06. The molecular formula is C16H17FN2O3. The molecule has 0 unspecified atom stereocenters. The predicted octanol–water partition coefficient (Wildman–Crippen LogP) is 2.32. The Morgan fingerprint density at radius 2 is 2.18 bits per heavy atom. The quantitative estimate of drug-likeness (QED) is 0.914. The van der Waals surface area contributed by atoms with E-state index in [1.165, 1.54) is 17.0 Å². The maximum atomic E-state index is 13.2. The maximum Gasteiger partial charge on any atom is 0.326 e. The van der Waals surface area contributed by atoms with Crippen LogP contribution in [0.15, 0.2) is 24.4 Å². The normalized spacial score (nSPS) is 18.6. The standard InChI is InChI=1S/C16H17FN2O3/c17-11-4-5-12-10(9-18-13(12)8-11)7-15(20)19-6-2-1-3-14(19)16(21)22/h4-5,8-9,14,18H,1-3,6-7H2,(H,21,22)/t14-/m0/s1. The van der Waals surface area contributed by atoms with E-state index < -0.39 is 12.0 Å². The minimum Gasteiger partial charge on any atom is -0.480 e. The van der Waals surface area contributed by atoms with E-state index in [4.69, 9.17) is 0 Å². The van der Waals surface area contributed by atoms with Gasteiger partial charge in [-0.1, -0.05) is 0 Å². The summed E-state index contributed by atoms with van der Waals surface area (Å²) in [5, 5.41) is 10.0. The molecule has 1 fully saturated rings. The number of aromatic amines is 1. The number of nitrogens with zero attached hydrogens (tertiary/aromatic N) is 1. The molecular weight excluding hydrogens is 287 g/mol. The highest BCUT2D eigenvalue weighted by atomic mass is 19.1. The van der Waals surface area contributed by atoms with Gasteiger partial charge in [0.1, 0.15) is 11.9 Å². The highest BCUT2D eigenvalue weighted by Gasteiger charge is 2.31. The van der Waals surface area contributed by atoms with Gasteiger partial charge >= 0.3 is 5.97 Å². The molecule has 5 nitrogen and oxygen atoms in total. The number of H-pyrrole nitrogens is 1. The number of rotatable bonds is 3. The van der Waals surface area contributed by atoms with Gasteiger partial charge in [0.2, 0.25) is 5.91 Å². The highest BCUT2D eigenvalue weighted by Crippen LogP contribution is 2.23. The van der Waals surface area contributed by atoms with Gasteiger partial charge in [0.05, 0.1) is 6.42 Å². The highest BCUT2D eigenvalue weighted by molar-refractivity contribution is 5.90. The zero-order valence-corrected chi connectivity index (χ0v) is 12.0. The van der Waals surface area contributed by atoms with Crippen LogP contribution < -0.4 is 0 Å². The van der Waals surface area contributed by atoms with Gasteiger partial charge in [0, 0.05) is 23.6 Å². The van der Waals surface area contributed by atoms with Crippen LogP contribution in [-0.4, -0.2) is 39.5 Å². The second kappa shape index (κ2) is 5.79. The summed E-state index contributed by atoms with van der Waals surface area (Å²) in [5.41, 5.74) is 1.39. The molecule has 1 amide bonds. The SMILES string of the molecule is O=C(O)[C@@H]1CCCCN1C(=O)Cc1c[nH]c2cc(F)ccc12. The zero-order chi connectivity index (χ0) is 15.7. The molecule has 1 aliphatic rings. The molecule has 0 radical (unpaired) electrons. The van der Waals surface area contributed by atoms with E-state index in [1.54, 1.807) is 12.3 Å². The molecule has 6 heteroatoms. The molecule has 1 saturated heterocycles. The molecule has 0 aliphatic carbocycles. The van der Waals surface area contributed by atoms with Crippen molar-refractivity contribution in [2.24, 2.45) is 0 Å². The van der Waals surface area contributed by atoms with Crippen molar-refractivity contribution in [1.82, 2.24) is 9.88 Å². The minimum atomic E-state index is -0.950. The first kappa shape index (κ1) is 14.6. The average molecular weight is 304 g/mol. The number of likely N-dealkylation sites (tertiary alicyclic amines) is 1. The first-order valence-electron chi connectivity index (χ1n) is 7.34. The van der Waals surface area contributed by atoms with Crippen LogP contribution >= 0.6 is 0 Å².